The molecule has 3 aromatic rings. The standard InChI is InChI=1S/C21H28N6.ClH.H2O/c22-11-5-6-12-23-21-25-18-15-17(16-9-3-1-4-10-16)24-19(18)20(26-21)27-13-7-2-8-14-27;;/h1,3-4,9-10,15,24H,2,5-8,11-14,22H2,(H,23,25,26);1H;1H2. The van der Waals surface area contributed by atoms with Gasteiger partial charge in [-0.2, -0.15) is 4.98 Å². The van der Waals surface area contributed by atoms with E-state index in [9.17, 15) is 0 Å². The highest BCUT2D eigenvalue weighted by Crippen LogP contribution is 2.31. The van der Waals surface area contributed by atoms with Gasteiger partial charge in [0, 0.05) is 25.3 Å². The first kappa shape index (κ1) is 22.9. The number of anilines is 2. The molecule has 7 nitrogen and oxygen atoms in total. The lowest BCUT2D eigenvalue weighted by molar-refractivity contribution is 0.574. The first-order valence-corrected chi connectivity index (χ1v) is 10.0. The zero-order chi connectivity index (χ0) is 18.5. The Balaban J connectivity index is 0.00000150. The maximum atomic E-state index is 5.59. The topological polar surface area (TPSA) is 114 Å². The van der Waals surface area contributed by atoms with E-state index in [-0.39, 0.29) is 17.9 Å². The van der Waals surface area contributed by atoms with E-state index in [1.807, 2.05) is 6.07 Å². The molecular formula is C21H31ClN6O. The van der Waals surface area contributed by atoms with E-state index >= 15 is 0 Å². The minimum atomic E-state index is 0. The van der Waals surface area contributed by atoms with Gasteiger partial charge in [-0.25, -0.2) is 4.98 Å². The molecule has 3 heterocycles. The number of hydrogen-bond donors (Lipinski definition) is 3. The van der Waals surface area contributed by atoms with Crippen molar-refractivity contribution < 1.29 is 5.48 Å². The second-order valence-corrected chi connectivity index (χ2v) is 7.15. The molecule has 0 atom stereocenters. The fraction of sp³-hybridized carbons (Fsp3) is 0.429. The molecule has 1 saturated heterocycles. The predicted octanol–water partition coefficient (Wildman–Crippen LogP) is 3.36. The largest absolute Gasteiger partial charge is 0.412 e. The number of unbranched alkanes of at least 4 members (excludes halogenated alkanes) is 1. The zero-order valence-corrected chi connectivity index (χ0v) is 17.5. The number of fused-ring (bicyclic) bond motifs is 1. The maximum absolute atomic E-state index is 5.59. The zero-order valence-electron chi connectivity index (χ0n) is 16.7. The number of H-pyrrole nitrogens is 1. The van der Waals surface area contributed by atoms with E-state index in [0.29, 0.717) is 5.95 Å². The van der Waals surface area contributed by atoms with Crippen LogP contribution in [0.15, 0.2) is 36.4 Å². The Labute approximate surface area is 177 Å². The van der Waals surface area contributed by atoms with Crippen LogP contribution >= 0.6 is 12.4 Å². The Morgan fingerprint density at radius 2 is 1.79 bits per heavy atom. The third-order valence-corrected chi connectivity index (χ3v) is 5.11. The molecule has 0 radical (unpaired) electrons. The molecule has 2 aromatic heterocycles. The van der Waals surface area contributed by atoms with Gasteiger partial charge in [0.05, 0.1) is 5.52 Å². The monoisotopic (exact) mass is 418 g/mol. The number of nitrogens with two attached hydrogens (primary N) is 1. The van der Waals surface area contributed by atoms with E-state index in [4.69, 9.17) is 15.7 Å². The van der Waals surface area contributed by atoms with Gasteiger partial charge in [-0.05, 0) is 50.3 Å². The van der Waals surface area contributed by atoms with E-state index < -0.39 is 0 Å². The lowest BCUT2D eigenvalue weighted by Gasteiger charge is -2.28. The predicted molar refractivity (Wildman–Crippen MR) is 123 cm³/mol. The summed E-state index contributed by atoms with van der Waals surface area (Å²) in [6.07, 6.45) is 5.78. The van der Waals surface area contributed by atoms with Gasteiger partial charge in [-0.3, -0.25) is 0 Å². The number of nitrogens with one attached hydrogen (secondary N) is 2. The molecule has 6 N–H and O–H groups in total. The van der Waals surface area contributed by atoms with Crippen LogP contribution in [-0.4, -0.2) is 46.6 Å². The van der Waals surface area contributed by atoms with Crippen molar-refractivity contribution in [2.75, 3.05) is 36.4 Å². The quantitative estimate of drug-likeness (QED) is 0.509. The van der Waals surface area contributed by atoms with Gasteiger partial charge in [0.2, 0.25) is 5.95 Å². The van der Waals surface area contributed by atoms with Crippen LogP contribution in [0, 0.1) is 0 Å². The highest BCUT2D eigenvalue weighted by molar-refractivity contribution is 5.91. The van der Waals surface area contributed by atoms with Crippen LogP contribution in [-0.2, 0) is 0 Å². The van der Waals surface area contributed by atoms with E-state index in [2.05, 4.69) is 45.5 Å². The fourth-order valence-corrected chi connectivity index (χ4v) is 3.65. The second kappa shape index (κ2) is 11.0. The van der Waals surface area contributed by atoms with Gasteiger partial charge in [-0.15, -0.1) is 12.4 Å². The summed E-state index contributed by atoms with van der Waals surface area (Å²) in [5.41, 5.74) is 9.83. The summed E-state index contributed by atoms with van der Waals surface area (Å²) in [6, 6.07) is 12.5. The number of piperidine rings is 1. The minimum Gasteiger partial charge on any atom is -0.412 e. The lowest BCUT2D eigenvalue weighted by atomic mass is 10.1. The maximum Gasteiger partial charge on any atom is 0.225 e. The van der Waals surface area contributed by atoms with E-state index in [1.165, 1.54) is 19.3 Å². The average Bonchev–Trinajstić information content (AvgIpc) is 3.16. The third-order valence-electron chi connectivity index (χ3n) is 5.11. The van der Waals surface area contributed by atoms with Gasteiger partial charge in [0.1, 0.15) is 5.52 Å². The molecule has 0 bridgehead atoms. The van der Waals surface area contributed by atoms with Crippen molar-refractivity contribution in [2.24, 2.45) is 5.73 Å². The minimum absolute atomic E-state index is 0. The molecule has 4 rings (SSSR count). The molecule has 158 valence electrons. The molecule has 1 aliphatic rings. The third kappa shape index (κ3) is 5.38. The first-order chi connectivity index (χ1) is 13.3. The highest BCUT2D eigenvalue weighted by atomic mass is 35.5. The summed E-state index contributed by atoms with van der Waals surface area (Å²) in [5.74, 6) is 1.72. The number of benzene rings is 1. The van der Waals surface area contributed by atoms with Crippen molar-refractivity contribution in [3.63, 3.8) is 0 Å². The van der Waals surface area contributed by atoms with Crippen molar-refractivity contribution in [2.45, 2.75) is 32.1 Å². The molecule has 1 aliphatic heterocycles. The molecule has 1 fully saturated rings. The molecule has 0 unspecified atom stereocenters. The molecule has 0 saturated carbocycles. The van der Waals surface area contributed by atoms with Gasteiger partial charge in [-0.1, -0.05) is 30.3 Å². The number of aromatic nitrogens is 3. The Bertz CT molecular complexity index is 880. The molecular weight excluding hydrogens is 388 g/mol. The first-order valence-electron chi connectivity index (χ1n) is 10.0. The number of nitrogens with zero attached hydrogens (tertiary/aromatic N) is 3. The van der Waals surface area contributed by atoms with Crippen molar-refractivity contribution >= 4 is 35.2 Å². The van der Waals surface area contributed by atoms with Crippen LogP contribution in [0.4, 0.5) is 11.8 Å². The molecule has 8 heteroatoms. The van der Waals surface area contributed by atoms with Gasteiger partial charge >= 0.3 is 0 Å². The fourth-order valence-electron chi connectivity index (χ4n) is 3.65. The second-order valence-electron chi connectivity index (χ2n) is 7.15. The van der Waals surface area contributed by atoms with Crippen LogP contribution < -0.4 is 16.0 Å². The highest BCUT2D eigenvalue weighted by Gasteiger charge is 2.19. The number of aromatic amines is 1. The lowest BCUT2D eigenvalue weighted by Crippen LogP contribution is -2.30. The van der Waals surface area contributed by atoms with Gasteiger partial charge in [0.15, 0.2) is 5.82 Å². The van der Waals surface area contributed by atoms with Gasteiger partial charge in [0.25, 0.3) is 0 Å². The number of hydrogen-bond acceptors (Lipinski definition) is 5. The SMILES string of the molecule is Cl.NCCCCNc1nc(N2CCCCC2)c2[nH]c(-c3ccccc3)cc2n1.O. The summed E-state index contributed by atoms with van der Waals surface area (Å²) in [4.78, 5) is 15.6. The summed E-state index contributed by atoms with van der Waals surface area (Å²) in [5, 5.41) is 3.38. The number of rotatable bonds is 7. The number of halogens is 1. The van der Waals surface area contributed by atoms with E-state index in [0.717, 1.165) is 67.1 Å². The Morgan fingerprint density at radius 3 is 2.52 bits per heavy atom. The Hall–Kier alpha value is -2.35. The molecule has 0 aliphatic carbocycles. The van der Waals surface area contributed by atoms with Gasteiger partial charge < -0.3 is 26.4 Å². The van der Waals surface area contributed by atoms with Crippen LogP contribution in [0.5, 0.6) is 0 Å². The summed E-state index contributed by atoms with van der Waals surface area (Å²) in [7, 11) is 0. The molecule has 29 heavy (non-hydrogen) atoms. The normalized spacial score (nSPS) is 13.6. The summed E-state index contributed by atoms with van der Waals surface area (Å²) >= 11 is 0. The van der Waals surface area contributed by atoms with Crippen molar-refractivity contribution in [3.8, 4) is 11.3 Å². The Kier molecular flexibility index (Phi) is 8.70. The molecule has 1 aromatic carbocycles. The molecule has 0 amide bonds. The van der Waals surface area contributed by atoms with Crippen molar-refractivity contribution in [1.82, 2.24) is 15.0 Å². The van der Waals surface area contributed by atoms with Crippen molar-refractivity contribution in [3.05, 3.63) is 36.4 Å². The smallest absolute Gasteiger partial charge is 0.225 e. The molecule has 0 spiro atoms. The van der Waals surface area contributed by atoms with E-state index in [1.54, 1.807) is 0 Å². The van der Waals surface area contributed by atoms with Crippen LogP contribution in [0.2, 0.25) is 0 Å². The summed E-state index contributed by atoms with van der Waals surface area (Å²) in [6.45, 7) is 3.67. The summed E-state index contributed by atoms with van der Waals surface area (Å²) < 4.78 is 0. The Morgan fingerprint density at radius 1 is 1.03 bits per heavy atom. The van der Waals surface area contributed by atoms with Crippen LogP contribution in [0.25, 0.3) is 22.3 Å². The van der Waals surface area contributed by atoms with Crippen LogP contribution in [0.1, 0.15) is 32.1 Å². The van der Waals surface area contributed by atoms with Crippen LogP contribution in [0.3, 0.4) is 0 Å². The van der Waals surface area contributed by atoms with Crippen molar-refractivity contribution in [1.29, 1.82) is 0 Å². The average molecular weight is 419 g/mol.